The van der Waals surface area contributed by atoms with Crippen LogP contribution in [0.1, 0.15) is 5.56 Å². The van der Waals surface area contributed by atoms with Gasteiger partial charge < -0.3 is 4.74 Å². The minimum atomic E-state index is -3.85. The van der Waals surface area contributed by atoms with Crippen LogP contribution in [-0.2, 0) is 10.0 Å². The van der Waals surface area contributed by atoms with Gasteiger partial charge in [-0.15, -0.1) is 10.2 Å². The molecule has 0 atom stereocenters. The zero-order chi connectivity index (χ0) is 21.1. The first kappa shape index (κ1) is 19.5. The summed E-state index contributed by atoms with van der Waals surface area (Å²) in [6.07, 6.45) is 4.99. The average molecular weight is 425 g/mol. The van der Waals surface area contributed by atoms with Crippen LogP contribution in [0, 0.1) is 12.7 Å². The maximum atomic E-state index is 13.2. The van der Waals surface area contributed by atoms with Crippen molar-refractivity contribution in [1.82, 2.24) is 19.7 Å². The number of nitrogens with zero attached hydrogens (tertiary/aromatic N) is 4. The van der Waals surface area contributed by atoms with Crippen molar-refractivity contribution < 1.29 is 17.5 Å². The molecule has 0 amide bonds. The van der Waals surface area contributed by atoms with E-state index < -0.39 is 15.8 Å². The number of imidazole rings is 1. The van der Waals surface area contributed by atoms with Crippen LogP contribution in [0.5, 0.6) is 11.6 Å². The minimum Gasteiger partial charge on any atom is -0.438 e. The van der Waals surface area contributed by atoms with Gasteiger partial charge in [-0.2, -0.15) is 0 Å². The molecule has 152 valence electrons. The molecular formula is C20H16FN5O3S. The van der Waals surface area contributed by atoms with Crippen molar-refractivity contribution in [2.45, 2.75) is 11.8 Å². The van der Waals surface area contributed by atoms with Gasteiger partial charge in [0.2, 0.25) is 5.88 Å². The van der Waals surface area contributed by atoms with Gasteiger partial charge in [0.15, 0.2) is 5.82 Å². The fourth-order valence-corrected chi connectivity index (χ4v) is 4.02. The molecule has 1 N–H and O–H groups in total. The smallest absolute Gasteiger partial charge is 0.262 e. The van der Waals surface area contributed by atoms with Crippen LogP contribution < -0.4 is 9.46 Å². The highest BCUT2D eigenvalue weighted by Gasteiger charge is 2.17. The second-order valence-electron chi connectivity index (χ2n) is 6.34. The van der Waals surface area contributed by atoms with Gasteiger partial charge in [-0.05, 0) is 61.0 Å². The van der Waals surface area contributed by atoms with E-state index in [0.29, 0.717) is 22.8 Å². The van der Waals surface area contributed by atoms with Crippen LogP contribution in [0.2, 0.25) is 0 Å². The number of sulfonamides is 1. The summed E-state index contributed by atoms with van der Waals surface area (Å²) in [5.41, 5.74) is 0.660. The first-order valence-electron chi connectivity index (χ1n) is 8.80. The molecule has 2 aromatic carbocycles. The standard InChI is InChI=1S/C20H16FN5O3S/c1-14-12-15(21)2-7-18(14)30(27,28)25-16-3-5-17(6-4-16)29-20-9-8-19(23-24-20)26-11-10-22-13-26/h2-13,25H,1H3. The summed E-state index contributed by atoms with van der Waals surface area (Å²) >= 11 is 0. The molecule has 0 bridgehead atoms. The zero-order valence-corrected chi connectivity index (χ0v) is 16.5. The Morgan fingerprint density at radius 2 is 1.83 bits per heavy atom. The molecule has 0 radical (unpaired) electrons. The van der Waals surface area contributed by atoms with Crippen molar-refractivity contribution in [3.63, 3.8) is 0 Å². The molecule has 2 heterocycles. The number of ether oxygens (including phenoxy) is 1. The van der Waals surface area contributed by atoms with Crippen LogP contribution in [-0.4, -0.2) is 28.2 Å². The van der Waals surface area contributed by atoms with E-state index in [2.05, 4.69) is 19.9 Å². The average Bonchev–Trinajstić information content (AvgIpc) is 3.24. The van der Waals surface area contributed by atoms with Crippen LogP contribution >= 0.6 is 0 Å². The lowest BCUT2D eigenvalue weighted by Gasteiger charge is -2.11. The maximum absolute atomic E-state index is 13.2. The predicted octanol–water partition coefficient (Wildman–Crippen LogP) is 3.70. The summed E-state index contributed by atoms with van der Waals surface area (Å²) in [5.74, 6) is 0.851. The van der Waals surface area contributed by atoms with E-state index in [1.54, 1.807) is 59.7 Å². The molecule has 0 aliphatic rings. The monoisotopic (exact) mass is 425 g/mol. The van der Waals surface area contributed by atoms with E-state index in [1.807, 2.05) is 0 Å². The second kappa shape index (κ2) is 7.91. The van der Waals surface area contributed by atoms with Gasteiger partial charge in [0.25, 0.3) is 10.0 Å². The molecule has 4 aromatic rings. The number of aromatic nitrogens is 4. The molecule has 2 aromatic heterocycles. The molecule has 8 nitrogen and oxygen atoms in total. The number of nitrogens with one attached hydrogen (secondary N) is 1. The largest absolute Gasteiger partial charge is 0.438 e. The van der Waals surface area contributed by atoms with Gasteiger partial charge >= 0.3 is 0 Å². The Bertz CT molecular complexity index is 1260. The predicted molar refractivity (Wildman–Crippen MR) is 108 cm³/mol. The lowest BCUT2D eigenvalue weighted by Crippen LogP contribution is -2.14. The summed E-state index contributed by atoms with van der Waals surface area (Å²) in [4.78, 5) is 3.96. The quantitative estimate of drug-likeness (QED) is 0.506. The number of aryl methyl sites for hydroxylation is 1. The van der Waals surface area contributed by atoms with Gasteiger partial charge in [0.05, 0.1) is 4.90 Å². The Morgan fingerprint density at radius 3 is 2.47 bits per heavy atom. The van der Waals surface area contributed by atoms with E-state index in [1.165, 1.54) is 19.1 Å². The number of anilines is 1. The van der Waals surface area contributed by atoms with Gasteiger partial charge in [-0.25, -0.2) is 17.8 Å². The summed E-state index contributed by atoms with van der Waals surface area (Å²) in [6.45, 7) is 1.54. The molecule has 10 heteroatoms. The molecule has 30 heavy (non-hydrogen) atoms. The lowest BCUT2D eigenvalue weighted by molar-refractivity contribution is 0.454. The summed E-state index contributed by atoms with van der Waals surface area (Å²) < 4.78 is 48.1. The summed E-state index contributed by atoms with van der Waals surface area (Å²) in [7, 11) is -3.85. The Balaban J connectivity index is 1.45. The zero-order valence-electron chi connectivity index (χ0n) is 15.7. The molecule has 0 aliphatic heterocycles. The van der Waals surface area contributed by atoms with Crippen LogP contribution in [0.15, 0.2) is 78.2 Å². The molecule has 0 saturated carbocycles. The third-order valence-corrected chi connectivity index (χ3v) is 5.69. The summed E-state index contributed by atoms with van der Waals surface area (Å²) in [6, 6.07) is 13.2. The fourth-order valence-electron chi connectivity index (χ4n) is 2.74. The van der Waals surface area contributed by atoms with Crippen molar-refractivity contribution in [3.8, 4) is 17.4 Å². The minimum absolute atomic E-state index is 0.0116. The van der Waals surface area contributed by atoms with E-state index >= 15 is 0 Å². The first-order valence-corrected chi connectivity index (χ1v) is 10.3. The van der Waals surface area contributed by atoms with Crippen LogP contribution in [0.25, 0.3) is 5.82 Å². The normalized spacial score (nSPS) is 11.3. The lowest BCUT2D eigenvalue weighted by atomic mass is 10.2. The third-order valence-electron chi connectivity index (χ3n) is 4.15. The van der Waals surface area contributed by atoms with Gasteiger partial charge in [-0.1, -0.05) is 0 Å². The molecule has 0 aliphatic carbocycles. The van der Waals surface area contributed by atoms with Gasteiger partial charge in [0.1, 0.15) is 17.9 Å². The van der Waals surface area contributed by atoms with Gasteiger partial charge in [0, 0.05) is 24.1 Å². The number of halogens is 1. The number of hydrogen-bond acceptors (Lipinski definition) is 6. The van der Waals surface area contributed by atoms with E-state index in [0.717, 1.165) is 6.07 Å². The number of rotatable bonds is 6. The van der Waals surface area contributed by atoms with E-state index in [9.17, 15) is 12.8 Å². The van der Waals surface area contributed by atoms with Crippen molar-refractivity contribution in [2.75, 3.05) is 4.72 Å². The Labute approximate surface area is 172 Å². The first-order chi connectivity index (χ1) is 14.4. The molecule has 0 saturated heterocycles. The molecular weight excluding hydrogens is 409 g/mol. The highest BCUT2D eigenvalue weighted by atomic mass is 32.2. The Morgan fingerprint density at radius 1 is 1.03 bits per heavy atom. The second-order valence-corrected chi connectivity index (χ2v) is 7.99. The topological polar surface area (TPSA) is 99.0 Å². The Hall–Kier alpha value is -3.79. The fraction of sp³-hybridized carbons (Fsp3) is 0.0500. The van der Waals surface area contributed by atoms with E-state index in [-0.39, 0.29) is 10.8 Å². The maximum Gasteiger partial charge on any atom is 0.262 e. The molecule has 0 unspecified atom stereocenters. The molecule has 0 spiro atoms. The van der Waals surface area contributed by atoms with Crippen molar-refractivity contribution in [2.24, 2.45) is 0 Å². The SMILES string of the molecule is Cc1cc(F)ccc1S(=O)(=O)Nc1ccc(Oc2ccc(-n3ccnc3)nn2)cc1. The van der Waals surface area contributed by atoms with Crippen molar-refractivity contribution in [3.05, 3.63) is 84.7 Å². The summed E-state index contributed by atoms with van der Waals surface area (Å²) in [5, 5.41) is 8.07. The Kier molecular flexibility index (Phi) is 5.15. The van der Waals surface area contributed by atoms with Crippen LogP contribution in [0.3, 0.4) is 0 Å². The number of hydrogen-bond donors (Lipinski definition) is 1. The van der Waals surface area contributed by atoms with E-state index in [4.69, 9.17) is 4.74 Å². The molecule has 4 rings (SSSR count). The highest BCUT2D eigenvalue weighted by molar-refractivity contribution is 7.92. The molecule has 0 fully saturated rings. The van der Waals surface area contributed by atoms with Gasteiger partial charge in [-0.3, -0.25) is 9.29 Å². The van der Waals surface area contributed by atoms with Crippen molar-refractivity contribution >= 4 is 15.7 Å². The number of benzene rings is 2. The van der Waals surface area contributed by atoms with Crippen molar-refractivity contribution in [1.29, 1.82) is 0 Å². The third kappa shape index (κ3) is 4.28. The highest BCUT2D eigenvalue weighted by Crippen LogP contribution is 2.24. The van der Waals surface area contributed by atoms with Crippen LogP contribution in [0.4, 0.5) is 10.1 Å².